The van der Waals surface area contributed by atoms with E-state index in [0.29, 0.717) is 0 Å². The maximum atomic E-state index is 11.9. The van der Waals surface area contributed by atoms with Crippen LogP contribution in [0.2, 0.25) is 0 Å². The Bertz CT molecular complexity index is 348. The van der Waals surface area contributed by atoms with Gasteiger partial charge in [0.1, 0.15) is 0 Å². The topological polar surface area (TPSA) is 29.1 Å². The van der Waals surface area contributed by atoms with E-state index in [1.54, 1.807) is 0 Å². The predicted octanol–water partition coefficient (Wildman–Crippen LogP) is 3.89. The molecule has 0 fully saturated rings. The number of rotatable bonds is 6. The molecule has 0 aliphatic rings. The highest BCUT2D eigenvalue weighted by atomic mass is 79.9. The average Bonchev–Trinajstić information content (AvgIpc) is 2.36. The lowest BCUT2D eigenvalue weighted by Gasteiger charge is -2.13. The molecule has 0 saturated heterocycles. The molecule has 1 amide bonds. The van der Waals surface area contributed by atoms with Gasteiger partial charge >= 0.3 is 0 Å². The summed E-state index contributed by atoms with van der Waals surface area (Å²) in [5, 5.41) is 3.84. The minimum atomic E-state index is 0.0229. The quantitative estimate of drug-likeness (QED) is 0.793. The van der Waals surface area contributed by atoms with E-state index in [4.69, 9.17) is 0 Å². The molecule has 0 aliphatic heterocycles. The lowest BCUT2D eigenvalue weighted by Crippen LogP contribution is -2.32. The number of amides is 1. The van der Waals surface area contributed by atoms with Gasteiger partial charge < -0.3 is 5.32 Å². The Balaban J connectivity index is 2.51. The fraction of sp³-hybridized carbons (Fsp3) is 0.500. The van der Waals surface area contributed by atoms with Crippen molar-refractivity contribution in [2.24, 2.45) is 0 Å². The van der Waals surface area contributed by atoms with Crippen LogP contribution in [0.4, 0.5) is 0 Å². The van der Waals surface area contributed by atoms with Gasteiger partial charge in [-0.25, -0.2) is 0 Å². The monoisotopic (exact) mass is 297 g/mol. The zero-order valence-corrected chi connectivity index (χ0v) is 12.1. The van der Waals surface area contributed by atoms with Crippen LogP contribution in [0.25, 0.3) is 0 Å². The predicted molar refractivity (Wildman–Crippen MR) is 75.5 cm³/mol. The first-order chi connectivity index (χ1) is 8.17. The number of benzene rings is 1. The number of carbonyl (C=O) groups excluding carboxylic acids is 1. The van der Waals surface area contributed by atoms with Crippen LogP contribution in [0.3, 0.4) is 0 Å². The molecule has 1 N–H and O–H groups in total. The van der Waals surface area contributed by atoms with Crippen molar-refractivity contribution in [3.05, 3.63) is 35.4 Å². The standard InChI is InChI=1S/C14H20BrNO/c1-3-4-5-11(2)16-14(17)13-8-6-12(10-15)7-9-13/h6-9,11H,3-5,10H2,1-2H3,(H,16,17). The second-order valence-corrected chi connectivity index (χ2v) is 4.91. The third kappa shape index (κ3) is 4.90. The maximum absolute atomic E-state index is 11.9. The minimum Gasteiger partial charge on any atom is -0.350 e. The number of unbranched alkanes of at least 4 members (excludes halogenated alkanes) is 1. The number of hydrogen-bond donors (Lipinski definition) is 1. The van der Waals surface area contributed by atoms with Gasteiger partial charge in [0.2, 0.25) is 0 Å². The van der Waals surface area contributed by atoms with Gasteiger partial charge in [-0.1, -0.05) is 47.8 Å². The van der Waals surface area contributed by atoms with Crippen LogP contribution >= 0.6 is 15.9 Å². The van der Waals surface area contributed by atoms with E-state index in [9.17, 15) is 4.79 Å². The van der Waals surface area contributed by atoms with Gasteiger partial charge in [-0.05, 0) is 31.0 Å². The molecule has 1 aromatic rings. The van der Waals surface area contributed by atoms with E-state index in [0.717, 1.165) is 23.7 Å². The molecule has 1 unspecified atom stereocenters. The summed E-state index contributed by atoms with van der Waals surface area (Å²) in [6.07, 6.45) is 3.37. The fourth-order valence-corrected chi connectivity index (χ4v) is 2.01. The molecule has 0 spiro atoms. The van der Waals surface area contributed by atoms with E-state index in [-0.39, 0.29) is 11.9 Å². The molecule has 0 bridgehead atoms. The van der Waals surface area contributed by atoms with Gasteiger partial charge in [-0.2, -0.15) is 0 Å². The molecule has 0 aromatic heterocycles. The fourth-order valence-electron chi connectivity index (χ4n) is 1.63. The van der Waals surface area contributed by atoms with Crippen LogP contribution in [0.1, 0.15) is 49.0 Å². The molecule has 2 nitrogen and oxygen atoms in total. The SMILES string of the molecule is CCCCC(C)NC(=O)c1ccc(CBr)cc1. The van der Waals surface area contributed by atoms with Crippen molar-refractivity contribution >= 4 is 21.8 Å². The Labute approximate surface area is 112 Å². The second kappa shape index (κ2) is 7.49. The molecule has 0 aliphatic carbocycles. The highest BCUT2D eigenvalue weighted by molar-refractivity contribution is 9.08. The van der Waals surface area contributed by atoms with Gasteiger partial charge in [0.25, 0.3) is 5.91 Å². The van der Waals surface area contributed by atoms with Gasteiger partial charge in [-0.15, -0.1) is 0 Å². The number of alkyl halides is 1. The molecular weight excluding hydrogens is 278 g/mol. The van der Waals surface area contributed by atoms with Crippen LogP contribution in [0.15, 0.2) is 24.3 Å². The van der Waals surface area contributed by atoms with Crippen LogP contribution in [0.5, 0.6) is 0 Å². The summed E-state index contributed by atoms with van der Waals surface area (Å²) in [7, 11) is 0. The molecule has 0 saturated carbocycles. The highest BCUT2D eigenvalue weighted by Crippen LogP contribution is 2.08. The number of hydrogen-bond acceptors (Lipinski definition) is 1. The minimum absolute atomic E-state index is 0.0229. The Morgan fingerprint density at radius 1 is 1.35 bits per heavy atom. The Hall–Kier alpha value is -0.830. The summed E-state index contributed by atoms with van der Waals surface area (Å²) < 4.78 is 0. The third-order valence-electron chi connectivity index (χ3n) is 2.74. The summed E-state index contributed by atoms with van der Waals surface area (Å²) in [4.78, 5) is 11.9. The molecule has 94 valence electrons. The Morgan fingerprint density at radius 2 is 2.00 bits per heavy atom. The van der Waals surface area contributed by atoms with E-state index in [1.807, 2.05) is 24.3 Å². The van der Waals surface area contributed by atoms with Crippen LogP contribution < -0.4 is 5.32 Å². The van der Waals surface area contributed by atoms with E-state index in [1.165, 1.54) is 12.0 Å². The van der Waals surface area contributed by atoms with Gasteiger partial charge in [0, 0.05) is 16.9 Å². The largest absolute Gasteiger partial charge is 0.350 e. The van der Waals surface area contributed by atoms with E-state index >= 15 is 0 Å². The first-order valence-electron chi connectivity index (χ1n) is 6.13. The summed E-state index contributed by atoms with van der Waals surface area (Å²) in [6.45, 7) is 4.22. The Morgan fingerprint density at radius 3 is 2.53 bits per heavy atom. The van der Waals surface area contributed by atoms with Crippen molar-refractivity contribution in [2.75, 3.05) is 0 Å². The number of halogens is 1. The van der Waals surface area contributed by atoms with Crippen molar-refractivity contribution in [2.45, 2.75) is 44.5 Å². The summed E-state index contributed by atoms with van der Waals surface area (Å²) in [5.41, 5.74) is 1.92. The molecule has 1 atom stereocenters. The van der Waals surface area contributed by atoms with Crippen molar-refractivity contribution < 1.29 is 4.79 Å². The molecule has 3 heteroatoms. The first kappa shape index (κ1) is 14.2. The number of carbonyl (C=O) groups is 1. The maximum Gasteiger partial charge on any atom is 0.251 e. The van der Waals surface area contributed by atoms with Crippen molar-refractivity contribution in [1.82, 2.24) is 5.32 Å². The third-order valence-corrected chi connectivity index (χ3v) is 3.39. The zero-order valence-electron chi connectivity index (χ0n) is 10.5. The van der Waals surface area contributed by atoms with Crippen molar-refractivity contribution in [3.8, 4) is 0 Å². The van der Waals surface area contributed by atoms with E-state index < -0.39 is 0 Å². The van der Waals surface area contributed by atoms with Gasteiger partial charge in [0.15, 0.2) is 0 Å². The van der Waals surface area contributed by atoms with E-state index in [2.05, 4.69) is 35.1 Å². The second-order valence-electron chi connectivity index (χ2n) is 4.35. The summed E-state index contributed by atoms with van der Waals surface area (Å²) >= 11 is 3.39. The highest BCUT2D eigenvalue weighted by Gasteiger charge is 2.08. The summed E-state index contributed by atoms with van der Waals surface area (Å²) in [5.74, 6) is 0.0229. The van der Waals surface area contributed by atoms with Gasteiger partial charge in [-0.3, -0.25) is 4.79 Å². The van der Waals surface area contributed by atoms with Crippen LogP contribution in [-0.4, -0.2) is 11.9 Å². The lowest BCUT2D eigenvalue weighted by molar-refractivity contribution is 0.0938. The molecule has 1 aromatic carbocycles. The molecule has 1 rings (SSSR count). The van der Waals surface area contributed by atoms with Crippen molar-refractivity contribution in [1.29, 1.82) is 0 Å². The lowest BCUT2D eigenvalue weighted by atomic mass is 10.1. The van der Waals surface area contributed by atoms with Crippen molar-refractivity contribution in [3.63, 3.8) is 0 Å². The Kier molecular flexibility index (Phi) is 6.27. The molecule has 17 heavy (non-hydrogen) atoms. The van der Waals surface area contributed by atoms with Crippen LogP contribution in [0, 0.1) is 0 Å². The molecule has 0 heterocycles. The average molecular weight is 298 g/mol. The zero-order chi connectivity index (χ0) is 12.7. The number of nitrogens with one attached hydrogen (secondary N) is 1. The first-order valence-corrected chi connectivity index (χ1v) is 7.25. The molecular formula is C14H20BrNO. The van der Waals surface area contributed by atoms with Gasteiger partial charge in [0.05, 0.1) is 0 Å². The molecule has 0 radical (unpaired) electrons. The normalized spacial score (nSPS) is 12.2. The van der Waals surface area contributed by atoms with Crippen LogP contribution in [-0.2, 0) is 5.33 Å². The summed E-state index contributed by atoms with van der Waals surface area (Å²) in [6, 6.07) is 7.94. The smallest absolute Gasteiger partial charge is 0.251 e.